The van der Waals surface area contributed by atoms with Crippen LogP contribution in [-0.4, -0.2) is 67.9 Å². The van der Waals surface area contributed by atoms with Gasteiger partial charge in [0.15, 0.2) is 0 Å². The zero-order valence-electron chi connectivity index (χ0n) is 18.3. The summed E-state index contributed by atoms with van der Waals surface area (Å²) in [5, 5.41) is 2.70. The van der Waals surface area contributed by atoms with Crippen LogP contribution in [-0.2, 0) is 20.9 Å². The van der Waals surface area contributed by atoms with Gasteiger partial charge >= 0.3 is 6.09 Å². The number of amides is 3. The summed E-state index contributed by atoms with van der Waals surface area (Å²) in [5.41, 5.74) is -1.48. The third-order valence-electron chi connectivity index (χ3n) is 5.45. The van der Waals surface area contributed by atoms with E-state index in [0.717, 1.165) is 6.42 Å². The second-order valence-electron chi connectivity index (χ2n) is 9.32. The van der Waals surface area contributed by atoms with Crippen molar-refractivity contribution in [1.29, 1.82) is 0 Å². The molecular formula is C21H31N5O4. The number of rotatable bonds is 5. The lowest BCUT2D eigenvalue weighted by atomic mass is 9.84. The maximum absolute atomic E-state index is 13.4. The average molecular weight is 418 g/mol. The molecule has 2 aliphatic rings. The lowest BCUT2D eigenvalue weighted by Gasteiger charge is -2.51. The Balaban J connectivity index is 1.70. The fourth-order valence-electron chi connectivity index (χ4n) is 4.07. The van der Waals surface area contributed by atoms with E-state index in [1.165, 1.54) is 0 Å². The Bertz CT molecular complexity index is 807. The van der Waals surface area contributed by atoms with E-state index < -0.39 is 23.3 Å². The summed E-state index contributed by atoms with van der Waals surface area (Å²) in [6.45, 7) is 10.3. The largest absolute Gasteiger partial charge is 0.444 e. The number of carbonyl (C=O) groups excluding carboxylic acids is 3. The molecule has 2 fully saturated rings. The first kappa shape index (κ1) is 22.0. The van der Waals surface area contributed by atoms with Gasteiger partial charge in [0.25, 0.3) is 5.91 Å². The lowest BCUT2D eigenvalue weighted by Crippen LogP contribution is -2.73. The first-order valence-corrected chi connectivity index (χ1v) is 10.4. The fourth-order valence-corrected chi connectivity index (χ4v) is 4.07. The highest BCUT2D eigenvalue weighted by Gasteiger charge is 2.60. The van der Waals surface area contributed by atoms with Crippen LogP contribution in [0.25, 0.3) is 0 Å². The Morgan fingerprint density at radius 1 is 1.27 bits per heavy atom. The smallest absolute Gasteiger partial charge is 0.408 e. The third kappa shape index (κ3) is 4.39. The summed E-state index contributed by atoms with van der Waals surface area (Å²) in [7, 11) is 0. The maximum atomic E-state index is 13.4. The minimum atomic E-state index is -0.825. The van der Waals surface area contributed by atoms with Gasteiger partial charge in [-0.05, 0) is 45.6 Å². The minimum Gasteiger partial charge on any atom is -0.444 e. The molecule has 9 nitrogen and oxygen atoms in total. The SMILES string of the molecule is CC(C)[C@H](NC(=O)OC(C)(C)C)C(=O)N1CCCC12CN(Cc1ncccn1)C2=O. The van der Waals surface area contributed by atoms with Gasteiger partial charge in [0.1, 0.15) is 23.0 Å². The molecule has 0 bridgehead atoms. The third-order valence-corrected chi connectivity index (χ3v) is 5.45. The zero-order valence-corrected chi connectivity index (χ0v) is 18.3. The van der Waals surface area contributed by atoms with Crippen LogP contribution in [0.1, 0.15) is 53.3 Å². The van der Waals surface area contributed by atoms with Crippen LogP contribution in [0.15, 0.2) is 18.5 Å². The quantitative estimate of drug-likeness (QED) is 0.732. The summed E-state index contributed by atoms with van der Waals surface area (Å²) in [6, 6.07) is 0.971. The molecule has 1 N–H and O–H groups in total. The standard InChI is InChI=1S/C21H31N5O4/c1-14(2)16(24-19(29)30-20(3,4)5)17(27)26-11-6-8-21(26)13-25(18(21)28)12-15-22-9-7-10-23-15/h7,9-10,14,16H,6,8,11-13H2,1-5H3,(H,24,29)/t16-,21?/m0/s1. The van der Waals surface area contributed by atoms with E-state index in [4.69, 9.17) is 4.74 Å². The second-order valence-corrected chi connectivity index (χ2v) is 9.32. The Labute approximate surface area is 177 Å². The summed E-state index contributed by atoms with van der Waals surface area (Å²) in [4.78, 5) is 50.4. The lowest BCUT2D eigenvalue weighted by molar-refractivity contribution is -0.169. The van der Waals surface area contributed by atoms with E-state index in [1.54, 1.807) is 49.0 Å². The summed E-state index contributed by atoms with van der Waals surface area (Å²) in [6.07, 6.45) is 4.03. The van der Waals surface area contributed by atoms with E-state index in [-0.39, 0.29) is 17.7 Å². The molecule has 3 heterocycles. The molecular weight excluding hydrogens is 386 g/mol. The Morgan fingerprint density at radius 3 is 2.50 bits per heavy atom. The number of β-lactam (4-membered cyclic amide) rings is 1. The molecule has 0 aromatic carbocycles. The first-order valence-electron chi connectivity index (χ1n) is 10.4. The number of aromatic nitrogens is 2. The van der Waals surface area contributed by atoms with Crippen LogP contribution in [0.3, 0.4) is 0 Å². The molecule has 30 heavy (non-hydrogen) atoms. The van der Waals surface area contributed by atoms with E-state index in [1.807, 2.05) is 13.8 Å². The molecule has 2 atom stereocenters. The van der Waals surface area contributed by atoms with Gasteiger partial charge in [-0.15, -0.1) is 0 Å². The van der Waals surface area contributed by atoms with Crippen molar-refractivity contribution >= 4 is 17.9 Å². The van der Waals surface area contributed by atoms with E-state index >= 15 is 0 Å². The number of likely N-dealkylation sites (tertiary alicyclic amines) is 2. The van der Waals surface area contributed by atoms with Crippen molar-refractivity contribution in [2.24, 2.45) is 5.92 Å². The molecule has 2 aliphatic heterocycles. The van der Waals surface area contributed by atoms with Gasteiger partial charge in [0, 0.05) is 18.9 Å². The van der Waals surface area contributed by atoms with E-state index in [9.17, 15) is 14.4 Å². The van der Waals surface area contributed by atoms with Crippen LogP contribution in [0.4, 0.5) is 4.79 Å². The molecule has 1 spiro atoms. The molecule has 2 saturated heterocycles. The van der Waals surface area contributed by atoms with Gasteiger partial charge in [0.2, 0.25) is 5.91 Å². The number of hydrogen-bond donors (Lipinski definition) is 1. The number of nitrogens with zero attached hydrogens (tertiary/aromatic N) is 4. The first-order chi connectivity index (χ1) is 14.0. The highest BCUT2D eigenvalue weighted by molar-refractivity contribution is 5.98. The average Bonchev–Trinajstić information content (AvgIpc) is 3.11. The van der Waals surface area contributed by atoms with Crippen molar-refractivity contribution in [3.63, 3.8) is 0 Å². The summed E-state index contributed by atoms with van der Waals surface area (Å²) in [5.74, 6) is 0.104. The van der Waals surface area contributed by atoms with Gasteiger partial charge in [-0.3, -0.25) is 9.59 Å². The van der Waals surface area contributed by atoms with Gasteiger partial charge in [-0.1, -0.05) is 13.8 Å². The summed E-state index contributed by atoms with van der Waals surface area (Å²) < 4.78 is 5.32. The van der Waals surface area contributed by atoms with Crippen molar-refractivity contribution in [2.45, 2.75) is 71.2 Å². The van der Waals surface area contributed by atoms with Crippen molar-refractivity contribution < 1.29 is 19.1 Å². The Morgan fingerprint density at radius 2 is 1.93 bits per heavy atom. The molecule has 0 radical (unpaired) electrons. The highest BCUT2D eigenvalue weighted by Crippen LogP contribution is 2.40. The van der Waals surface area contributed by atoms with Crippen molar-refractivity contribution in [3.05, 3.63) is 24.3 Å². The van der Waals surface area contributed by atoms with Gasteiger partial charge in [0.05, 0.1) is 13.1 Å². The zero-order chi connectivity index (χ0) is 22.1. The summed E-state index contributed by atoms with van der Waals surface area (Å²) >= 11 is 0. The van der Waals surface area contributed by atoms with Crippen LogP contribution < -0.4 is 5.32 Å². The molecule has 0 aliphatic carbocycles. The minimum absolute atomic E-state index is 0.0828. The van der Waals surface area contributed by atoms with Crippen LogP contribution >= 0.6 is 0 Å². The van der Waals surface area contributed by atoms with E-state index in [2.05, 4.69) is 15.3 Å². The Kier molecular flexibility index (Phi) is 6.01. The molecule has 3 rings (SSSR count). The molecule has 164 valence electrons. The van der Waals surface area contributed by atoms with E-state index in [0.29, 0.717) is 31.9 Å². The van der Waals surface area contributed by atoms with Gasteiger partial charge < -0.3 is 19.9 Å². The monoisotopic (exact) mass is 417 g/mol. The number of hydrogen-bond acceptors (Lipinski definition) is 6. The topological polar surface area (TPSA) is 105 Å². The van der Waals surface area contributed by atoms with Crippen LogP contribution in [0.5, 0.6) is 0 Å². The predicted octanol–water partition coefficient (Wildman–Crippen LogP) is 1.73. The van der Waals surface area contributed by atoms with Crippen molar-refractivity contribution in [1.82, 2.24) is 25.1 Å². The van der Waals surface area contributed by atoms with Gasteiger partial charge in [-0.25, -0.2) is 14.8 Å². The molecule has 3 amide bonds. The van der Waals surface area contributed by atoms with Gasteiger partial charge in [-0.2, -0.15) is 0 Å². The Hall–Kier alpha value is -2.71. The second kappa shape index (κ2) is 8.20. The maximum Gasteiger partial charge on any atom is 0.408 e. The number of ether oxygens (including phenoxy) is 1. The van der Waals surface area contributed by atoms with Crippen LogP contribution in [0.2, 0.25) is 0 Å². The normalized spacial score (nSPS) is 22.3. The van der Waals surface area contributed by atoms with Crippen LogP contribution in [0, 0.1) is 5.92 Å². The van der Waals surface area contributed by atoms with Crippen molar-refractivity contribution in [3.8, 4) is 0 Å². The number of nitrogens with one attached hydrogen (secondary N) is 1. The number of carbonyl (C=O) groups is 3. The fraction of sp³-hybridized carbons (Fsp3) is 0.667. The van der Waals surface area contributed by atoms with Crippen molar-refractivity contribution in [2.75, 3.05) is 13.1 Å². The predicted molar refractivity (Wildman–Crippen MR) is 109 cm³/mol. The number of alkyl carbamates (subject to hydrolysis) is 1. The molecule has 1 aromatic rings. The molecule has 9 heteroatoms. The molecule has 0 saturated carbocycles. The molecule has 1 aromatic heterocycles. The highest BCUT2D eigenvalue weighted by atomic mass is 16.6. The molecule has 1 unspecified atom stereocenters.